The largest absolute Gasteiger partial charge is 0.481 e. The molecule has 1 aliphatic heterocycles. The van der Waals surface area contributed by atoms with Crippen LogP contribution in [-0.4, -0.2) is 270 Å². The summed E-state index contributed by atoms with van der Waals surface area (Å²) in [6.07, 6.45) is -3.51. The molecular formula is C67H95N9O25. The minimum Gasteiger partial charge on any atom is -0.481 e. The second kappa shape index (κ2) is 43.9. The third-order valence-corrected chi connectivity index (χ3v) is 17.9. The molecule has 1 saturated heterocycles. The van der Waals surface area contributed by atoms with Crippen LogP contribution in [0.15, 0.2) is 42.5 Å². The maximum atomic E-state index is 14.2. The van der Waals surface area contributed by atoms with Gasteiger partial charge in [0.25, 0.3) is 0 Å². The van der Waals surface area contributed by atoms with Crippen molar-refractivity contribution in [3.63, 3.8) is 0 Å². The third kappa shape index (κ3) is 33.5. The van der Waals surface area contributed by atoms with Crippen molar-refractivity contribution in [1.82, 2.24) is 46.2 Å². The fraction of sp³-hybridized carbons (Fsp3) is 0.612. The van der Waals surface area contributed by atoms with Gasteiger partial charge in [0, 0.05) is 134 Å². The maximum absolute atomic E-state index is 14.2. The van der Waals surface area contributed by atoms with E-state index < -0.39 is 208 Å². The first kappa shape index (κ1) is 83.9. The molecule has 2 fully saturated rings. The predicted molar refractivity (Wildman–Crippen MR) is 355 cm³/mol. The van der Waals surface area contributed by atoms with Crippen molar-refractivity contribution in [2.75, 3.05) is 91.6 Å². The zero-order valence-electron chi connectivity index (χ0n) is 56.3. The molecule has 0 aromatic heterocycles. The fourth-order valence-electron chi connectivity index (χ4n) is 12.2. The zero-order chi connectivity index (χ0) is 74.7. The Kier molecular flexibility index (Phi) is 36.4. The van der Waals surface area contributed by atoms with E-state index in [1.807, 2.05) is 42.5 Å². The molecule has 2 aliphatic rings. The van der Waals surface area contributed by atoms with Crippen LogP contribution in [0.3, 0.4) is 0 Å². The van der Waals surface area contributed by atoms with Crippen LogP contribution in [0.5, 0.6) is 0 Å². The van der Waals surface area contributed by atoms with Gasteiger partial charge in [0.15, 0.2) is 5.78 Å². The fourth-order valence-corrected chi connectivity index (χ4v) is 12.2. The van der Waals surface area contributed by atoms with Crippen molar-refractivity contribution in [1.29, 1.82) is 0 Å². The number of carboxylic acids is 9. The van der Waals surface area contributed by atoms with Crippen LogP contribution in [0.2, 0.25) is 0 Å². The van der Waals surface area contributed by atoms with E-state index in [1.54, 1.807) is 9.80 Å². The lowest BCUT2D eigenvalue weighted by atomic mass is 9.77. The highest BCUT2D eigenvalue weighted by molar-refractivity contribution is 5.95. The van der Waals surface area contributed by atoms with Gasteiger partial charge in [-0.05, 0) is 99.3 Å². The molecule has 34 nitrogen and oxygen atoms in total. The summed E-state index contributed by atoms with van der Waals surface area (Å²) >= 11 is 0. The number of aliphatic carboxylic acids is 9. The number of benzene rings is 2. The Morgan fingerprint density at radius 1 is 0.416 bits per heavy atom. The molecule has 1 heterocycles. The maximum Gasteiger partial charge on any atom is 0.326 e. The van der Waals surface area contributed by atoms with Crippen LogP contribution in [0.1, 0.15) is 121 Å². The zero-order valence-corrected chi connectivity index (χ0v) is 56.3. The molecule has 5 amide bonds. The number of hydrogen-bond donors (Lipinski definition) is 14. The molecule has 558 valence electrons. The van der Waals surface area contributed by atoms with Gasteiger partial charge in [-0.15, -0.1) is 0 Å². The molecule has 0 unspecified atom stereocenters. The summed E-state index contributed by atoms with van der Waals surface area (Å²) in [4.78, 5) is 208. The van der Waals surface area contributed by atoms with Gasteiger partial charge in [0.1, 0.15) is 23.7 Å². The van der Waals surface area contributed by atoms with Crippen molar-refractivity contribution >= 4 is 106 Å². The highest BCUT2D eigenvalue weighted by atomic mass is 16.4. The Bertz CT molecular complexity index is 3200. The van der Waals surface area contributed by atoms with E-state index >= 15 is 0 Å². The molecule has 0 radical (unpaired) electrons. The Balaban J connectivity index is 1.40. The Hall–Kier alpha value is -9.54. The van der Waals surface area contributed by atoms with Crippen LogP contribution < -0.4 is 26.6 Å². The molecule has 1 saturated carbocycles. The number of nitrogens with zero attached hydrogens (tertiary/aromatic N) is 4. The molecule has 101 heavy (non-hydrogen) atoms. The first-order valence-corrected chi connectivity index (χ1v) is 33.7. The average molecular weight is 1430 g/mol. The summed E-state index contributed by atoms with van der Waals surface area (Å²) in [6, 6.07) is 7.45. The summed E-state index contributed by atoms with van der Waals surface area (Å²) in [7, 11) is 0. The van der Waals surface area contributed by atoms with Crippen LogP contribution >= 0.6 is 0 Å². The van der Waals surface area contributed by atoms with E-state index in [0.29, 0.717) is 25.7 Å². The van der Waals surface area contributed by atoms with Crippen molar-refractivity contribution in [3.8, 4) is 0 Å². The molecule has 1 aliphatic carbocycles. The van der Waals surface area contributed by atoms with E-state index in [0.717, 1.165) is 16.3 Å². The third-order valence-electron chi connectivity index (χ3n) is 17.9. The Labute approximate surface area is 581 Å². The number of carboxylic acid groups (broad SMARTS) is 9. The van der Waals surface area contributed by atoms with Crippen LogP contribution in [-0.2, 0) is 78.3 Å². The summed E-state index contributed by atoms with van der Waals surface area (Å²) < 4.78 is 0. The molecule has 4 rings (SSSR count). The van der Waals surface area contributed by atoms with E-state index in [1.165, 1.54) is 9.80 Å². The highest BCUT2D eigenvalue weighted by Gasteiger charge is 2.35. The van der Waals surface area contributed by atoms with Crippen molar-refractivity contribution in [2.45, 2.75) is 140 Å². The first-order valence-electron chi connectivity index (χ1n) is 33.7. The second-order valence-corrected chi connectivity index (χ2v) is 25.8. The normalized spacial score (nSPS) is 17.7. The van der Waals surface area contributed by atoms with Crippen molar-refractivity contribution < 1.29 is 123 Å². The topological polar surface area (TPSA) is 528 Å². The molecule has 2 aromatic rings. The Morgan fingerprint density at radius 3 is 1.35 bits per heavy atom. The van der Waals surface area contributed by atoms with Gasteiger partial charge in [-0.3, -0.25) is 81.9 Å². The lowest BCUT2D eigenvalue weighted by molar-refractivity contribution is -0.141. The molecule has 34 heteroatoms. The van der Waals surface area contributed by atoms with Crippen molar-refractivity contribution in [3.05, 3.63) is 48.0 Å². The van der Waals surface area contributed by atoms with Gasteiger partial charge in [-0.2, -0.15) is 0 Å². The van der Waals surface area contributed by atoms with Gasteiger partial charge in [-0.25, -0.2) is 14.4 Å². The van der Waals surface area contributed by atoms with Crippen LogP contribution in [0.25, 0.3) is 10.8 Å². The molecule has 2 aromatic carbocycles. The number of ketones is 3. The summed E-state index contributed by atoms with van der Waals surface area (Å²) in [5.74, 6) is -19.8. The lowest BCUT2D eigenvalue weighted by Crippen LogP contribution is -2.51. The van der Waals surface area contributed by atoms with E-state index in [2.05, 4.69) is 26.6 Å². The van der Waals surface area contributed by atoms with E-state index in [4.69, 9.17) is 5.11 Å². The number of rotatable bonds is 45. The lowest BCUT2D eigenvalue weighted by Gasteiger charge is -2.33. The SMILES string of the molecule is O=C(O)CC[C@H](CC(=O)[C@H](CCC(=O)O)NC(=O)[C@H](CCC(=O)O)CC(=O)CN1CCN(CC(=O)O)CCN(CC(=O)O)CCN(CC(=O)O)CC1)C(=O)NCC1CCC(C(=O)C[C@@H](Cc2ccc3ccccc3c2)C(=O)NCCCC[C@H](NC(=O)N[C@@H](CCC(=O)O)C(=O)O)C(=O)O)CC1. The van der Waals surface area contributed by atoms with Crippen LogP contribution in [0.4, 0.5) is 4.79 Å². The highest BCUT2D eigenvalue weighted by Crippen LogP contribution is 2.32. The molecule has 14 N–H and O–H groups in total. The van der Waals surface area contributed by atoms with Gasteiger partial charge >= 0.3 is 59.8 Å². The van der Waals surface area contributed by atoms with Gasteiger partial charge in [-0.1, -0.05) is 42.5 Å². The second-order valence-electron chi connectivity index (χ2n) is 25.8. The quantitative estimate of drug-likeness (QED) is 0.0410. The smallest absolute Gasteiger partial charge is 0.326 e. The number of unbranched alkanes of at least 4 members (excludes halogenated alkanes) is 1. The van der Waals surface area contributed by atoms with Gasteiger partial charge < -0.3 is 72.5 Å². The van der Waals surface area contributed by atoms with Crippen molar-refractivity contribution in [2.24, 2.45) is 29.6 Å². The number of Topliss-reactive ketones (excluding diaryl/α,β-unsaturated/α-hetero) is 3. The number of fused-ring (bicyclic) bond motifs is 1. The van der Waals surface area contributed by atoms with E-state index in [9.17, 15) is 118 Å². The molecule has 0 bridgehead atoms. The predicted octanol–water partition coefficient (Wildman–Crippen LogP) is 0.943. The summed E-state index contributed by atoms with van der Waals surface area (Å²) in [5.41, 5.74) is 0.782. The summed E-state index contributed by atoms with van der Waals surface area (Å²) in [5, 5.41) is 100.0. The number of carbonyl (C=O) groups excluding carboxylic acids is 7. The monoisotopic (exact) mass is 1430 g/mol. The van der Waals surface area contributed by atoms with Gasteiger partial charge in [0.2, 0.25) is 17.7 Å². The Morgan fingerprint density at radius 2 is 0.861 bits per heavy atom. The van der Waals surface area contributed by atoms with Gasteiger partial charge in [0.05, 0.1) is 32.2 Å². The minimum atomic E-state index is -1.62. The molecular weight excluding hydrogens is 1330 g/mol. The first-order chi connectivity index (χ1) is 47.8. The summed E-state index contributed by atoms with van der Waals surface area (Å²) in [6.45, 7) is -0.952. The number of carbonyl (C=O) groups is 16. The number of hydrogen-bond acceptors (Lipinski definition) is 20. The average Bonchev–Trinajstić information content (AvgIpc) is 0.837. The van der Waals surface area contributed by atoms with Crippen LogP contribution in [0, 0.1) is 29.6 Å². The molecule has 6 atom stereocenters. The van der Waals surface area contributed by atoms with E-state index in [-0.39, 0.29) is 122 Å². The number of nitrogens with one attached hydrogen (secondary N) is 5. The minimum absolute atomic E-state index is 0.0421. The standard InChI is InChI=1S/C67H95N9O25/c77-49(37-73-23-25-74(38-59(88)89)27-29-76(40-61(92)93)30-28-75(26-24-73)39-60(90)91)33-46(14-18-55(80)81)64(96)70-50(16-20-57(84)85)54(79)34-47(15-19-56(82)83)62(94)69-36-41-8-12-44(13-9-41)53(78)35-48(32-42-10-11-43-5-1-2-6-45(43)31-42)63(95)68-22-4-3-7-51(65(97)98)71-67(101)72-52(66(99)100)17-21-58(86)87/h1-2,5-6,10-11,31,41,44,46-48,50-52H,3-4,7-9,12-30,32-40H2,(H,68,95)(H,69,94)(H,70,96)(H,80,81)(H,82,83)(H,84,85)(H,86,87)(H,88,89)(H,90,91)(H,92,93)(H,97,98)(H,99,100)(H2,71,72,101)/t41?,44?,46-,47-,48-,50+,51+,52+/m1/s1. The number of amides is 5. The molecule has 0 spiro atoms. The number of urea groups is 1.